The van der Waals surface area contributed by atoms with E-state index in [1.54, 1.807) is 70.9 Å². The summed E-state index contributed by atoms with van der Waals surface area (Å²) in [5, 5.41) is 42.2. The summed E-state index contributed by atoms with van der Waals surface area (Å²) in [6.45, 7) is 37.2. The number of phenols is 4. The molecule has 12 atom stereocenters. The molecule has 8 aromatic rings. The third-order valence-corrected chi connectivity index (χ3v) is 24.5. The first-order valence-corrected chi connectivity index (χ1v) is 43.3. The molecule has 6 aliphatic heterocycles. The number of benzene rings is 8. The van der Waals surface area contributed by atoms with Gasteiger partial charge in [-0.15, -0.1) is 0 Å². The van der Waals surface area contributed by atoms with E-state index >= 15 is 0 Å². The molecular weight excluding hydrogens is 1530 g/mol. The summed E-state index contributed by atoms with van der Waals surface area (Å²) in [4.78, 5) is 61.5. The summed E-state index contributed by atoms with van der Waals surface area (Å²) in [5.41, 5.74) is 12.9. The van der Waals surface area contributed by atoms with Crippen molar-refractivity contribution in [2.75, 3.05) is 101 Å². The molecule has 0 aromatic heterocycles. The number of methoxy groups -OCH3 is 4. The number of hydrogen-bond donors (Lipinski definition) is 4. The lowest BCUT2D eigenvalue weighted by Gasteiger charge is -2.36. The van der Waals surface area contributed by atoms with Crippen molar-refractivity contribution in [3.05, 3.63) is 211 Å². The first-order chi connectivity index (χ1) is 57.8. The number of fused-ring (bicyclic) bond motifs is 2. The predicted molar refractivity (Wildman–Crippen MR) is 474 cm³/mol. The van der Waals surface area contributed by atoms with Crippen molar-refractivity contribution in [1.29, 1.82) is 0 Å². The van der Waals surface area contributed by atoms with Crippen LogP contribution in [0.2, 0.25) is 0 Å². The van der Waals surface area contributed by atoms with Crippen molar-refractivity contribution in [3.8, 4) is 69.0 Å². The zero-order valence-corrected chi connectivity index (χ0v) is 74.5. The van der Waals surface area contributed by atoms with Crippen LogP contribution in [-0.2, 0) is 19.2 Å². The van der Waals surface area contributed by atoms with Gasteiger partial charge in [0, 0.05) is 124 Å². The van der Waals surface area contributed by atoms with Crippen LogP contribution in [0.5, 0.6) is 69.0 Å². The molecule has 4 saturated heterocycles. The van der Waals surface area contributed by atoms with Gasteiger partial charge < -0.3 is 77.9 Å². The molecule has 8 aromatic carbocycles. The molecule has 6 heterocycles. The van der Waals surface area contributed by atoms with Crippen LogP contribution < -0.4 is 37.9 Å². The fourth-order valence-corrected chi connectivity index (χ4v) is 19.5. The van der Waals surface area contributed by atoms with E-state index in [-0.39, 0.29) is 89.9 Å². The van der Waals surface area contributed by atoms with Crippen LogP contribution in [0.4, 0.5) is 0 Å². The third-order valence-electron chi connectivity index (χ3n) is 24.5. The highest BCUT2D eigenvalue weighted by molar-refractivity contribution is 5.81. The standard InChI is InChI=1S/C26H33NO5.C26H33NO4.C25H33NO3.C24H31NO4/c1-16-10-21(28)26(24(11-16)30-4)20(13-25(29)27-14-17(2)9-18(3)15-27)19-5-6-22-23(12-19)32-8-7-31-22;1-16-9-19(4)26(24(10-16)29-5)21(20-6-7-22-23(11-20)31-15-30-22)12-25(28)27-13-17(2)8-18(3)14-27;1-16-6-8-20(9-7-16)21(25-22(27)11-17(2)12-23(25)29-5)13-24(28)26-14-18(3)10-19(4)15-26;1-15-10-21(27)24(22(11-15)29-4)20(18-5-7-19(26)8-6-18)12-23(28)25-13-16(2)9-17(3)14-25/h5-6,10-12,17-18,20,28H,7-9,13-15H2,1-4H3;6-7,9-11,17-18,21H,8,12-15H2,1-5H3;6-9,11-12,18-19,21,27H,10,13-15H2,1-5H3;5-8,10-11,16-17,20,26-27H,9,12-14H2,1-4H3. The Morgan fingerprint density at radius 1 is 0.322 bits per heavy atom. The number of carbonyl (C=O) groups is 4. The largest absolute Gasteiger partial charge is 0.508 e. The van der Waals surface area contributed by atoms with E-state index in [4.69, 9.17) is 37.9 Å². The van der Waals surface area contributed by atoms with Crippen LogP contribution in [0, 0.1) is 88.9 Å². The molecular formula is C101H130N4O16. The van der Waals surface area contributed by atoms with E-state index in [2.05, 4.69) is 98.4 Å². The lowest BCUT2D eigenvalue weighted by atomic mass is 9.83. The molecule has 4 N–H and O–H groups in total. The number of phenolic OH excluding ortho intramolecular Hbond substituents is 4. The fraction of sp³-hybridized carbons (Fsp3) is 0.485. The van der Waals surface area contributed by atoms with E-state index in [0.29, 0.717) is 119 Å². The van der Waals surface area contributed by atoms with Gasteiger partial charge in [-0.25, -0.2) is 0 Å². The molecule has 6 aliphatic rings. The Kier molecular flexibility index (Phi) is 31.0. The molecule has 0 bridgehead atoms. The minimum atomic E-state index is -0.374. The molecule has 650 valence electrons. The van der Waals surface area contributed by atoms with Gasteiger partial charge in [0.15, 0.2) is 23.0 Å². The molecule has 4 fully saturated rings. The van der Waals surface area contributed by atoms with Crippen LogP contribution in [0.1, 0.15) is 208 Å². The molecule has 0 radical (unpaired) electrons. The summed E-state index contributed by atoms with van der Waals surface area (Å²) in [6.07, 6.45) is 5.82. The summed E-state index contributed by atoms with van der Waals surface area (Å²) < 4.78 is 45.2. The SMILES string of the molecule is COc1cc(C)cc(C)c1C(CC(=O)N1CC(C)CC(C)C1)c1ccc2c(c1)OCO2.COc1cc(C)cc(O)c1C(CC(=O)N1CC(C)CC(C)C1)c1ccc(C)cc1.COc1cc(C)cc(O)c1C(CC(=O)N1CC(C)CC(C)C1)c1ccc(O)cc1.COc1cc(C)cc(O)c1C(CC(=O)N1CC(C)CC(C)C1)c1ccc2c(c1)OCCO2. The number of aromatic hydroxyl groups is 4. The zero-order chi connectivity index (χ0) is 87.2. The highest BCUT2D eigenvalue weighted by Gasteiger charge is 2.37. The summed E-state index contributed by atoms with van der Waals surface area (Å²) in [6, 6.07) is 41.8. The second-order valence-corrected chi connectivity index (χ2v) is 35.9. The number of hydrogen-bond acceptors (Lipinski definition) is 16. The molecule has 0 aliphatic carbocycles. The van der Waals surface area contributed by atoms with Gasteiger partial charge in [0.1, 0.15) is 59.2 Å². The maximum absolute atomic E-state index is 13.5. The number of likely N-dealkylation sites (tertiary alicyclic amines) is 4. The van der Waals surface area contributed by atoms with Crippen molar-refractivity contribution in [2.45, 2.75) is 172 Å². The molecule has 0 saturated carbocycles. The summed E-state index contributed by atoms with van der Waals surface area (Å²) in [7, 11) is 6.47. The van der Waals surface area contributed by atoms with Gasteiger partial charge in [0.2, 0.25) is 30.4 Å². The van der Waals surface area contributed by atoms with Crippen molar-refractivity contribution >= 4 is 23.6 Å². The lowest BCUT2D eigenvalue weighted by molar-refractivity contribution is -0.134. The average Bonchev–Trinajstić information content (AvgIpc) is 1.66. The Morgan fingerprint density at radius 3 is 0.926 bits per heavy atom. The average molecular weight is 1660 g/mol. The number of aryl methyl sites for hydroxylation is 6. The monoisotopic (exact) mass is 1650 g/mol. The Bertz CT molecular complexity index is 4710. The van der Waals surface area contributed by atoms with Gasteiger partial charge in [-0.2, -0.15) is 0 Å². The van der Waals surface area contributed by atoms with Crippen molar-refractivity contribution in [1.82, 2.24) is 19.6 Å². The van der Waals surface area contributed by atoms with Crippen molar-refractivity contribution in [3.63, 3.8) is 0 Å². The Morgan fingerprint density at radius 2 is 0.587 bits per heavy atom. The van der Waals surface area contributed by atoms with E-state index in [0.717, 1.165) is 150 Å². The highest BCUT2D eigenvalue weighted by Crippen LogP contribution is 2.49. The normalized spacial score (nSPS) is 20.8. The fourth-order valence-electron chi connectivity index (χ4n) is 19.5. The topological polar surface area (TPSA) is 236 Å². The zero-order valence-electron chi connectivity index (χ0n) is 74.5. The van der Waals surface area contributed by atoms with Gasteiger partial charge in [0.05, 0.1) is 28.4 Å². The first-order valence-electron chi connectivity index (χ1n) is 43.3. The maximum Gasteiger partial charge on any atom is 0.231 e. The molecule has 4 amide bonds. The van der Waals surface area contributed by atoms with Gasteiger partial charge in [-0.05, 0) is 244 Å². The minimum absolute atomic E-state index is 0.0727. The van der Waals surface area contributed by atoms with Crippen LogP contribution >= 0.6 is 0 Å². The Labute approximate surface area is 717 Å². The lowest BCUT2D eigenvalue weighted by Crippen LogP contribution is -2.43. The van der Waals surface area contributed by atoms with Crippen LogP contribution in [0.25, 0.3) is 0 Å². The van der Waals surface area contributed by atoms with E-state index in [1.165, 1.54) is 6.42 Å². The number of carbonyl (C=O) groups excluding carboxylic acids is 4. The van der Waals surface area contributed by atoms with Gasteiger partial charge >= 0.3 is 0 Å². The number of ether oxygens (including phenoxy) is 8. The number of nitrogens with zero attached hydrogens (tertiary/aromatic N) is 4. The minimum Gasteiger partial charge on any atom is -0.508 e. The third kappa shape index (κ3) is 23.3. The second kappa shape index (κ2) is 41.2. The second-order valence-electron chi connectivity index (χ2n) is 35.9. The molecule has 12 unspecified atom stereocenters. The van der Waals surface area contributed by atoms with E-state index in [1.807, 2.05) is 109 Å². The molecule has 20 heteroatoms. The molecule has 14 rings (SSSR count). The van der Waals surface area contributed by atoms with Gasteiger partial charge in [-0.3, -0.25) is 19.2 Å². The molecule has 121 heavy (non-hydrogen) atoms. The van der Waals surface area contributed by atoms with E-state index in [9.17, 15) is 39.6 Å². The van der Waals surface area contributed by atoms with Gasteiger partial charge in [0.25, 0.3) is 0 Å². The van der Waals surface area contributed by atoms with Crippen molar-refractivity contribution < 1.29 is 77.5 Å². The highest BCUT2D eigenvalue weighted by atomic mass is 16.7. The smallest absolute Gasteiger partial charge is 0.231 e. The number of amides is 4. The molecule has 0 spiro atoms. The number of piperidine rings is 4. The van der Waals surface area contributed by atoms with E-state index < -0.39 is 0 Å². The van der Waals surface area contributed by atoms with Gasteiger partial charge in [-0.1, -0.05) is 116 Å². The maximum atomic E-state index is 13.5. The Balaban J connectivity index is 0.000000158. The first kappa shape index (κ1) is 91.0. The van der Waals surface area contributed by atoms with Crippen molar-refractivity contribution in [2.24, 2.45) is 47.3 Å². The van der Waals surface area contributed by atoms with Crippen LogP contribution in [0.3, 0.4) is 0 Å². The van der Waals surface area contributed by atoms with Crippen LogP contribution in [-0.4, -0.2) is 164 Å². The summed E-state index contributed by atoms with van der Waals surface area (Å²) >= 11 is 0. The predicted octanol–water partition coefficient (Wildman–Crippen LogP) is 19.1. The molecule has 20 nitrogen and oxygen atoms in total. The summed E-state index contributed by atoms with van der Waals surface area (Å²) in [5.74, 6) is 9.45. The van der Waals surface area contributed by atoms with Crippen LogP contribution in [0.15, 0.2) is 133 Å². The Hall–Kier alpha value is -10.8. The number of rotatable bonds is 20. The quantitative estimate of drug-likeness (QED) is 0.0555.